The molecule has 1 aromatic carbocycles. The third-order valence-electron chi connectivity index (χ3n) is 2.64. The third-order valence-corrected chi connectivity index (χ3v) is 3.38. The summed E-state index contributed by atoms with van der Waals surface area (Å²) in [4.78, 5) is 0. The van der Waals surface area contributed by atoms with Crippen molar-refractivity contribution in [2.24, 2.45) is 5.73 Å². The van der Waals surface area contributed by atoms with E-state index in [1.165, 1.54) is 5.56 Å². The van der Waals surface area contributed by atoms with Crippen LogP contribution in [-0.4, -0.2) is 19.8 Å². The van der Waals surface area contributed by atoms with Gasteiger partial charge in [-0.15, -0.1) is 0 Å². The number of rotatable bonds is 4. The van der Waals surface area contributed by atoms with Crippen molar-refractivity contribution in [2.45, 2.75) is 19.3 Å². The minimum atomic E-state index is 0.632. The molecule has 2 rings (SSSR count). The molecule has 1 aliphatic rings. The molecule has 0 fully saturated rings. The van der Waals surface area contributed by atoms with E-state index in [-0.39, 0.29) is 0 Å². The van der Waals surface area contributed by atoms with Crippen LogP contribution < -0.4 is 15.2 Å². The van der Waals surface area contributed by atoms with Gasteiger partial charge in [-0.3, -0.25) is 0 Å². The number of benzene rings is 1. The summed E-state index contributed by atoms with van der Waals surface area (Å²) in [6.45, 7) is 2.01. The van der Waals surface area contributed by atoms with E-state index in [1.807, 2.05) is 12.1 Å². The van der Waals surface area contributed by atoms with Crippen LogP contribution in [0.4, 0.5) is 0 Å². The average molecular weight is 286 g/mol. The van der Waals surface area contributed by atoms with E-state index in [0.29, 0.717) is 13.2 Å². The molecule has 4 heteroatoms. The van der Waals surface area contributed by atoms with Crippen LogP contribution in [0.5, 0.6) is 11.5 Å². The van der Waals surface area contributed by atoms with E-state index < -0.39 is 0 Å². The SMILES string of the molecule is NCCCCc1c(Br)ccc2c1OCCO2. The van der Waals surface area contributed by atoms with Crippen LogP contribution in [0, 0.1) is 0 Å². The van der Waals surface area contributed by atoms with Gasteiger partial charge in [-0.05, 0) is 37.9 Å². The lowest BCUT2D eigenvalue weighted by Crippen LogP contribution is -2.16. The minimum Gasteiger partial charge on any atom is -0.486 e. The molecule has 88 valence electrons. The summed E-state index contributed by atoms with van der Waals surface area (Å²) in [6.07, 6.45) is 3.09. The fraction of sp³-hybridized carbons (Fsp3) is 0.500. The molecule has 1 aromatic rings. The number of halogens is 1. The van der Waals surface area contributed by atoms with Gasteiger partial charge in [-0.2, -0.15) is 0 Å². The molecule has 0 saturated carbocycles. The van der Waals surface area contributed by atoms with Gasteiger partial charge in [-0.1, -0.05) is 15.9 Å². The van der Waals surface area contributed by atoms with Crippen LogP contribution in [0.1, 0.15) is 18.4 Å². The third kappa shape index (κ3) is 2.50. The van der Waals surface area contributed by atoms with E-state index in [4.69, 9.17) is 15.2 Å². The minimum absolute atomic E-state index is 0.632. The van der Waals surface area contributed by atoms with Crippen molar-refractivity contribution in [3.05, 3.63) is 22.2 Å². The number of unbranched alkanes of at least 4 members (excludes halogenated alkanes) is 1. The molecule has 0 aliphatic carbocycles. The maximum Gasteiger partial charge on any atom is 0.165 e. The summed E-state index contributed by atoms with van der Waals surface area (Å²) in [6, 6.07) is 3.97. The molecular weight excluding hydrogens is 270 g/mol. The summed E-state index contributed by atoms with van der Waals surface area (Å²) in [5.74, 6) is 1.76. The number of hydrogen-bond acceptors (Lipinski definition) is 3. The number of ether oxygens (including phenoxy) is 2. The lowest BCUT2D eigenvalue weighted by Gasteiger charge is -2.22. The standard InChI is InChI=1S/C12H16BrNO2/c13-10-4-5-11-12(16-8-7-15-11)9(10)3-1-2-6-14/h4-5H,1-3,6-8,14H2. The topological polar surface area (TPSA) is 44.5 Å². The summed E-state index contributed by atoms with van der Waals surface area (Å²) in [5.41, 5.74) is 6.70. The van der Waals surface area contributed by atoms with E-state index in [2.05, 4.69) is 15.9 Å². The maximum absolute atomic E-state index is 5.68. The van der Waals surface area contributed by atoms with Gasteiger partial charge in [0, 0.05) is 10.0 Å². The smallest absolute Gasteiger partial charge is 0.165 e. The first kappa shape index (κ1) is 11.7. The van der Waals surface area contributed by atoms with Crippen molar-refractivity contribution >= 4 is 15.9 Å². The van der Waals surface area contributed by atoms with Crippen molar-refractivity contribution in [1.82, 2.24) is 0 Å². The molecule has 0 atom stereocenters. The summed E-state index contributed by atoms with van der Waals surface area (Å²) in [5, 5.41) is 0. The lowest BCUT2D eigenvalue weighted by molar-refractivity contribution is 0.169. The fourth-order valence-electron chi connectivity index (χ4n) is 1.83. The Morgan fingerprint density at radius 2 is 2.00 bits per heavy atom. The van der Waals surface area contributed by atoms with Gasteiger partial charge in [0.1, 0.15) is 13.2 Å². The van der Waals surface area contributed by atoms with Crippen LogP contribution in [0.3, 0.4) is 0 Å². The van der Waals surface area contributed by atoms with Gasteiger partial charge in [0.2, 0.25) is 0 Å². The Hall–Kier alpha value is -0.740. The zero-order chi connectivity index (χ0) is 11.4. The van der Waals surface area contributed by atoms with Crippen molar-refractivity contribution in [3.8, 4) is 11.5 Å². The van der Waals surface area contributed by atoms with Gasteiger partial charge in [0.25, 0.3) is 0 Å². The maximum atomic E-state index is 5.68. The molecule has 1 heterocycles. The summed E-state index contributed by atoms with van der Waals surface area (Å²) >= 11 is 3.56. The Kier molecular flexibility index (Phi) is 4.07. The molecule has 0 bridgehead atoms. The first-order valence-corrected chi connectivity index (χ1v) is 6.39. The second-order valence-corrected chi connectivity index (χ2v) is 4.65. The largest absolute Gasteiger partial charge is 0.486 e. The van der Waals surface area contributed by atoms with Gasteiger partial charge in [0.15, 0.2) is 11.5 Å². The predicted octanol–water partition coefficient (Wildman–Crippen LogP) is 2.50. The quantitative estimate of drug-likeness (QED) is 0.865. The van der Waals surface area contributed by atoms with E-state index in [1.54, 1.807) is 0 Å². The predicted molar refractivity (Wildman–Crippen MR) is 67.1 cm³/mol. The molecule has 0 aromatic heterocycles. The van der Waals surface area contributed by atoms with Crippen LogP contribution >= 0.6 is 15.9 Å². The highest BCUT2D eigenvalue weighted by Crippen LogP contribution is 2.38. The highest BCUT2D eigenvalue weighted by atomic mass is 79.9. The Balaban J connectivity index is 2.20. The number of fused-ring (bicyclic) bond motifs is 1. The van der Waals surface area contributed by atoms with E-state index in [9.17, 15) is 0 Å². The Morgan fingerprint density at radius 1 is 1.19 bits per heavy atom. The molecule has 0 amide bonds. The second-order valence-electron chi connectivity index (χ2n) is 3.80. The first-order valence-electron chi connectivity index (χ1n) is 5.60. The molecular formula is C12H16BrNO2. The molecule has 0 spiro atoms. The van der Waals surface area contributed by atoms with Crippen molar-refractivity contribution in [3.63, 3.8) is 0 Å². The van der Waals surface area contributed by atoms with Crippen LogP contribution in [-0.2, 0) is 6.42 Å². The molecule has 1 aliphatic heterocycles. The van der Waals surface area contributed by atoms with Crippen LogP contribution in [0.2, 0.25) is 0 Å². The lowest BCUT2D eigenvalue weighted by atomic mass is 10.1. The average Bonchev–Trinajstić information content (AvgIpc) is 2.32. The fourth-order valence-corrected chi connectivity index (χ4v) is 2.34. The summed E-state index contributed by atoms with van der Waals surface area (Å²) < 4.78 is 12.3. The summed E-state index contributed by atoms with van der Waals surface area (Å²) in [7, 11) is 0. The van der Waals surface area contributed by atoms with E-state index >= 15 is 0 Å². The molecule has 2 N–H and O–H groups in total. The van der Waals surface area contributed by atoms with Gasteiger partial charge >= 0.3 is 0 Å². The van der Waals surface area contributed by atoms with Crippen LogP contribution in [0.25, 0.3) is 0 Å². The zero-order valence-electron chi connectivity index (χ0n) is 9.17. The molecule has 16 heavy (non-hydrogen) atoms. The Morgan fingerprint density at radius 3 is 2.81 bits per heavy atom. The zero-order valence-corrected chi connectivity index (χ0v) is 10.8. The highest BCUT2D eigenvalue weighted by Gasteiger charge is 2.17. The first-order chi connectivity index (χ1) is 7.83. The van der Waals surface area contributed by atoms with Gasteiger partial charge in [-0.25, -0.2) is 0 Å². The van der Waals surface area contributed by atoms with Crippen molar-refractivity contribution < 1.29 is 9.47 Å². The van der Waals surface area contributed by atoms with Gasteiger partial charge < -0.3 is 15.2 Å². The Bertz CT molecular complexity index is 368. The molecule has 3 nitrogen and oxygen atoms in total. The number of nitrogens with two attached hydrogens (primary N) is 1. The van der Waals surface area contributed by atoms with E-state index in [0.717, 1.165) is 41.8 Å². The molecule has 0 unspecified atom stereocenters. The second kappa shape index (κ2) is 5.55. The number of hydrogen-bond donors (Lipinski definition) is 1. The Labute approximate surface area is 104 Å². The van der Waals surface area contributed by atoms with Gasteiger partial charge in [0.05, 0.1) is 0 Å². The van der Waals surface area contributed by atoms with Crippen molar-refractivity contribution in [1.29, 1.82) is 0 Å². The molecule has 0 radical (unpaired) electrons. The van der Waals surface area contributed by atoms with Crippen molar-refractivity contribution in [2.75, 3.05) is 19.8 Å². The monoisotopic (exact) mass is 285 g/mol. The highest BCUT2D eigenvalue weighted by molar-refractivity contribution is 9.10. The molecule has 0 saturated heterocycles. The normalized spacial score (nSPS) is 13.9. The van der Waals surface area contributed by atoms with Crippen LogP contribution in [0.15, 0.2) is 16.6 Å².